The minimum absolute atomic E-state index is 0. The number of carbonyl (C=O) groups excluding carboxylic acids is 1. The van der Waals surface area contributed by atoms with Crippen LogP contribution in [0.3, 0.4) is 0 Å². The molecule has 0 spiro atoms. The van der Waals surface area contributed by atoms with Crippen LogP contribution in [0.25, 0.3) is 0 Å². The number of hydrazine groups is 1. The van der Waals surface area contributed by atoms with E-state index in [1.165, 1.54) is 12.7 Å². The van der Waals surface area contributed by atoms with Crippen molar-refractivity contribution in [2.24, 2.45) is 5.92 Å². The zero-order valence-electron chi connectivity index (χ0n) is 21.2. The number of likely N-dealkylation sites (tertiary alicyclic amines) is 1. The van der Waals surface area contributed by atoms with E-state index in [9.17, 15) is 9.18 Å². The third kappa shape index (κ3) is 5.91. The van der Waals surface area contributed by atoms with Gasteiger partial charge in [0, 0.05) is 88.2 Å². The summed E-state index contributed by atoms with van der Waals surface area (Å²) in [5, 5.41) is 7.97. The number of aromatic nitrogens is 1. The number of halogens is 1. The van der Waals surface area contributed by atoms with Gasteiger partial charge in [0.1, 0.15) is 5.69 Å². The van der Waals surface area contributed by atoms with Gasteiger partial charge in [-0.05, 0) is 37.9 Å². The maximum atomic E-state index is 14.6. The summed E-state index contributed by atoms with van der Waals surface area (Å²) in [4.78, 5) is 21.0. The molecule has 8 nitrogen and oxygen atoms in total. The van der Waals surface area contributed by atoms with Crippen molar-refractivity contribution in [2.75, 3.05) is 44.7 Å². The van der Waals surface area contributed by atoms with Crippen molar-refractivity contribution in [3.63, 3.8) is 0 Å². The number of fused-ring (bicyclic) bond motifs is 1. The topological polar surface area (TPSA) is 75.8 Å². The Bertz CT molecular complexity index is 1040. The molecule has 4 aliphatic heterocycles. The van der Waals surface area contributed by atoms with E-state index >= 15 is 0 Å². The van der Waals surface area contributed by atoms with Crippen molar-refractivity contribution in [2.45, 2.75) is 39.2 Å². The van der Waals surface area contributed by atoms with Crippen molar-refractivity contribution in [3.8, 4) is 0 Å². The number of carbonyl (C=O) groups is 1. The number of rotatable bonds is 4. The van der Waals surface area contributed by atoms with Crippen LogP contribution in [-0.2, 0) is 12.6 Å². The fourth-order valence-electron chi connectivity index (χ4n) is 5.25. The fraction of sp³-hybridized carbons (Fsp3) is 0.520. The molecule has 5 rings (SSSR count). The molecule has 0 aromatic carbocycles. The van der Waals surface area contributed by atoms with Gasteiger partial charge in [-0.3, -0.25) is 14.7 Å². The average molecular weight is 739 g/mol. The molecule has 11 heteroatoms. The van der Waals surface area contributed by atoms with Crippen LogP contribution in [0.2, 0.25) is 0 Å². The standard InChI is InChI=1S/C23H30FN7OS.C2H6.U/c1-14-21-20(33)11-26-31(21)13-18(27-14)15-5-8-30(12-15)16-6-9-29(10-7-16)19-4-3-17(23(32)25-2)28-22(19)24;1-2;/h3-4,13,15-16,26-27,33H,1,5-12H2,2H3,(H,25,32);1-2H3;/p-1. The van der Waals surface area contributed by atoms with Crippen LogP contribution in [-0.4, -0.2) is 66.6 Å². The molecule has 0 bridgehead atoms. The first-order valence-corrected chi connectivity index (χ1v) is 12.8. The van der Waals surface area contributed by atoms with Gasteiger partial charge in [0.05, 0.1) is 17.1 Å². The van der Waals surface area contributed by atoms with E-state index in [-0.39, 0.29) is 42.7 Å². The van der Waals surface area contributed by atoms with Crippen molar-refractivity contribution >= 4 is 24.2 Å². The molecule has 5 heterocycles. The summed E-state index contributed by atoms with van der Waals surface area (Å²) in [6.45, 7) is 12.4. The molecule has 36 heavy (non-hydrogen) atoms. The summed E-state index contributed by atoms with van der Waals surface area (Å²) < 4.78 is 14.6. The molecule has 1 atom stereocenters. The van der Waals surface area contributed by atoms with Gasteiger partial charge >= 0.3 is 0 Å². The zero-order valence-corrected chi connectivity index (χ0v) is 26.2. The molecule has 1 unspecified atom stereocenters. The first-order valence-electron chi connectivity index (χ1n) is 12.4. The maximum Gasteiger partial charge on any atom is 0.269 e. The number of nitrogens with one attached hydrogen (secondary N) is 3. The molecule has 2 saturated heterocycles. The normalized spacial score (nSPS) is 22.3. The van der Waals surface area contributed by atoms with Crippen LogP contribution < -0.4 is 21.0 Å². The molecule has 0 saturated carbocycles. The Morgan fingerprint density at radius 3 is 2.61 bits per heavy atom. The number of piperidine rings is 1. The summed E-state index contributed by atoms with van der Waals surface area (Å²) in [7, 11) is 1.51. The van der Waals surface area contributed by atoms with E-state index in [2.05, 4.69) is 38.7 Å². The zero-order chi connectivity index (χ0) is 25.1. The summed E-state index contributed by atoms with van der Waals surface area (Å²) in [5.74, 6) is -0.542. The Morgan fingerprint density at radius 1 is 1.22 bits per heavy atom. The molecule has 1 aromatic heterocycles. The van der Waals surface area contributed by atoms with Gasteiger partial charge in [-0.15, -0.1) is 0 Å². The minimum Gasteiger partial charge on any atom is -0.781 e. The van der Waals surface area contributed by atoms with Crippen molar-refractivity contribution in [3.05, 3.63) is 58.5 Å². The molecule has 4 aliphatic rings. The minimum atomic E-state index is -0.586. The monoisotopic (exact) mass is 738 g/mol. The summed E-state index contributed by atoms with van der Waals surface area (Å²) >= 11 is 5.42. The van der Waals surface area contributed by atoms with Crippen molar-refractivity contribution < 1.29 is 40.3 Å². The number of hydrogen-bond acceptors (Lipinski definition) is 8. The second kappa shape index (κ2) is 12.7. The first kappa shape index (κ1) is 28.9. The predicted octanol–water partition coefficient (Wildman–Crippen LogP) is 2.43. The number of anilines is 1. The molecule has 0 aliphatic carbocycles. The summed E-state index contributed by atoms with van der Waals surface area (Å²) in [5.41, 5.74) is 6.90. The van der Waals surface area contributed by atoms with Crippen LogP contribution in [0.15, 0.2) is 46.9 Å². The molecule has 2 fully saturated rings. The molecule has 1 aromatic rings. The Hall–Kier alpha value is -1.64. The first-order chi connectivity index (χ1) is 16.9. The Balaban J connectivity index is 0.00000117. The molecular weight excluding hydrogens is 703 g/mol. The van der Waals surface area contributed by atoms with Crippen LogP contribution >= 0.6 is 0 Å². The van der Waals surface area contributed by atoms with Gasteiger partial charge in [-0.25, -0.2) is 10.4 Å². The van der Waals surface area contributed by atoms with Gasteiger partial charge in [0.2, 0.25) is 5.95 Å². The van der Waals surface area contributed by atoms with Crippen molar-refractivity contribution in [1.29, 1.82) is 0 Å². The third-order valence-corrected chi connectivity index (χ3v) is 7.37. The van der Waals surface area contributed by atoms with E-state index in [0.29, 0.717) is 24.2 Å². The number of pyridine rings is 1. The van der Waals surface area contributed by atoms with Crippen LogP contribution in [0.4, 0.5) is 10.1 Å². The van der Waals surface area contributed by atoms with Gasteiger partial charge in [-0.2, -0.15) is 9.30 Å². The largest absolute Gasteiger partial charge is 0.781 e. The smallest absolute Gasteiger partial charge is 0.269 e. The second-order valence-corrected chi connectivity index (χ2v) is 9.44. The molecule has 3 N–H and O–H groups in total. The van der Waals surface area contributed by atoms with Gasteiger partial charge in [-0.1, -0.05) is 20.4 Å². The van der Waals surface area contributed by atoms with E-state index < -0.39 is 5.95 Å². The van der Waals surface area contributed by atoms with E-state index in [1.54, 1.807) is 12.1 Å². The van der Waals surface area contributed by atoms with E-state index in [0.717, 1.165) is 61.7 Å². The molecule has 0 radical (unpaired) electrons. The summed E-state index contributed by atoms with van der Waals surface area (Å²) in [6.07, 6.45) is 5.17. The van der Waals surface area contributed by atoms with Gasteiger partial charge in [0.25, 0.3) is 5.91 Å². The quantitative estimate of drug-likeness (QED) is 0.322. The Morgan fingerprint density at radius 2 is 1.94 bits per heavy atom. The van der Waals surface area contributed by atoms with Crippen LogP contribution in [0, 0.1) is 43.0 Å². The third-order valence-electron chi connectivity index (χ3n) is 7.03. The Kier molecular flexibility index (Phi) is 10.2. The molecule has 194 valence electrons. The van der Waals surface area contributed by atoms with Crippen LogP contribution in [0.1, 0.15) is 43.6 Å². The maximum absolute atomic E-state index is 14.6. The average Bonchev–Trinajstić information content (AvgIpc) is 3.52. The van der Waals surface area contributed by atoms with Crippen LogP contribution in [0.5, 0.6) is 0 Å². The SMILES string of the molecule is C=C1NC(C2CCN(C3CCN(c4ccc(C(=O)NC)nc4F)CC3)C2)=CN2NCC([S-])=C12.CC.[U]. The molecule has 1 amide bonds. The van der Waals surface area contributed by atoms with Gasteiger partial charge < -0.3 is 28.2 Å². The number of hydrogen-bond donors (Lipinski definition) is 3. The predicted molar refractivity (Wildman–Crippen MR) is 138 cm³/mol. The molecular formula is C25H35FN7OSU-. The Labute approximate surface area is 242 Å². The number of nitrogens with zero attached hydrogens (tertiary/aromatic N) is 4. The number of amides is 1. The van der Waals surface area contributed by atoms with Crippen molar-refractivity contribution in [1.82, 2.24) is 31.0 Å². The van der Waals surface area contributed by atoms with E-state index in [1.807, 2.05) is 23.8 Å². The van der Waals surface area contributed by atoms with E-state index in [4.69, 9.17) is 12.6 Å². The fourth-order valence-corrected chi connectivity index (χ4v) is 5.54. The summed E-state index contributed by atoms with van der Waals surface area (Å²) in [6, 6.07) is 3.73. The van der Waals surface area contributed by atoms with Gasteiger partial charge in [0.15, 0.2) is 0 Å². The second-order valence-electron chi connectivity index (χ2n) is 8.95.